The van der Waals surface area contributed by atoms with E-state index < -0.39 is 0 Å². The highest BCUT2D eigenvalue weighted by molar-refractivity contribution is 7.14. The van der Waals surface area contributed by atoms with Crippen molar-refractivity contribution in [3.63, 3.8) is 0 Å². The SMILES string of the molecule is C[C@@H]1CCc2sc(C(=O)N3CCN(c4cc[nH+]cc4)CC3)cc2C1. The summed E-state index contributed by atoms with van der Waals surface area (Å²) < 4.78 is 0. The van der Waals surface area contributed by atoms with Gasteiger partial charge in [0.1, 0.15) is 0 Å². The Bertz CT molecular complexity index is 719. The van der Waals surface area contributed by atoms with Crippen LogP contribution in [-0.4, -0.2) is 37.0 Å². The smallest absolute Gasteiger partial charge is 0.264 e. The molecule has 0 aromatic carbocycles. The number of aromatic nitrogens is 1. The molecule has 0 bridgehead atoms. The Morgan fingerprint density at radius 1 is 1.21 bits per heavy atom. The molecular weight excluding hydrogens is 318 g/mol. The second-order valence-corrected chi connectivity index (χ2v) is 8.08. The minimum atomic E-state index is 0.225. The number of hydrogen-bond acceptors (Lipinski definition) is 3. The van der Waals surface area contributed by atoms with E-state index in [1.54, 1.807) is 11.3 Å². The van der Waals surface area contributed by atoms with Crippen LogP contribution in [0, 0.1) is 5.92 Å². The lowest BCUT2D eigenvalue weighted by Gasteiger charge is -2.35. The van der Waals surface area contributed by atoms with E-state index in [1.807, 2.05) is 17.3 Å². The van der Waals surface area contributed by atoms with Gasteiger partial charge in [-0.1, -0.05) is 6.92 Å². The molecule has 24 heavy (non-hydrogen) atoms. The first-order chi connectivity index (χ1) is 11.7. The molecule has 2 aromatic rings. The maximum absolute atomic E-state index is 12.9. The van der Waals surface area contributed by atoms with Crippen LogP contribution in [0.3, 0.4) is 0 Å². The lowest BCUT2D eigenvalue weighted by Crippen LogP contribution is -2.48. The largest absolute Gasteiger partial charge is 0.368 e. The zero-order chi connectivity index (χ0) is 16.5. The van der Waals surface area contributed by atoms with Crippen LogP contribution in [0.25, 0.3) is 0 Å². The van der Waals surface area contributed by atoms with Crippen molar-refractivity contribution in [2.75, 3.05) is 31.1 Å². The number of carbonyl (C=O) groups excluding carboxylic acids is 1. The molecule has 4 rings (SSSR count). The highest BCUT2D eigenvalue weighted by Gasteiger charge is 2.26. The number of nitrogens with zero attached hydrogens (tertiary/aromatic N) is 2. The number of thiophene rings is 1. The summed E-state index contributed by atoms with van der Waals surface area (Å²) in [6, 6.07) is 6.34. The van der Waals surface area contributed by atoms with Crippen LogP contribution >= 0.6 is 11.3 Å². The van der Waals surface area contributed by atoms with E-state index in [-0.39, 0.29) is 5.91 Å². The number of H-pyrrole nitrogens is 1. The van der Waals surface area contributed by atoms with Crippen LogP contribution in [0.1, 0.15) is 33.5 Å². The van der Waals surface area contributed by atoms with E-state index in [0.29, 0.717) is 0 Å². The second kappa shape index (κ2) is 6.55. The monoisotopic (exact) mass is 342 g/mol. The van der Waals surface area contributed by atoms with Gasteiger partial charge in [0.2, 0.25) is 0 Å². The molecule has 3 heterocycles. The van der Waals surface area contributed by atoms with E-state index in [0.717, 1.165) is 49.8 Å². The summed E-state index contributed by atoms with van der Waals surface area (Å²) in [6.45, 7) is 5.71. The van der Waals surface area contributed by atoms with Crippen molar-refractivity contribution in [1.82, 2.24) is 4.90 Å². The van der Waals surface area contributed by atoms with Crippen molar-refractivity contribution >= 4 is 22.9 Å². The first-order valence-electron chi connectivity index (χ1n) is 8.82. The fourth-order valence-electron chi connectivity index (χ4n) is 3.72. The van der Waals surface area contributed by atoms with Crippen LogP contribution in [0.5, 0.6) is 0 Å². The van der Waals surface area contributed by atoms with Gasteiger partial charge in [0.05, 0.1) is 4.88 Å². The van der Waals surface area contributed by atoms with Gasteiger partial charge in [-0.3, -0.25) is 4.79 Å². The molecule has 0 radical (unpaired) electrons. The highest BCUT2D eigenvalue weighted by atomic mass is 32.1. The summed E-state index contributed by atoms with van der Waals surface area (Å²) in [4.78, 5) is 22.7. The van der Waals surface area contributed by atoms with E-state index in [1.165, 1.54) is 22.5 Å². The summed E-state index contributed by atoms with van der Waals surface area (Å²) in [5, 5.41) is 0. The number of fused-ring (bicyclic) bond motifs is 1. The van der Waals surface area contributed by atoms with Gasteiger partial charge >= 0.3 is 0 Å². The molecule has 1 amide bonds. The predicted molar refractivity (Wildman–Crippen MR) is 96.6 cm³/mol. The summed E-state index contributed by atoms with van der Waals surface area (Å²) in [6.07, 6.45) is 7.44. The molecule has 2 aromatic heterocycles. The molecule has 126 valence electrons. The standard InChI is InChI=1S/C19H23N3OS/c1-14-2-3-17-15(12-14)13-18(24-17)19(23)22-10-8-21(9-11-22)16-4-6-20-7-5-16/h4-7,13-14H,2-3,8-12H2,1H3/p+1/t14-/m1/s1. The molecule has 1 aliphatic heterocycles. The molecule has 1 fully saturated rings. The molecule has 4 nitrogen and oxygen atoms in total. The summed E-state index contributed by atoms with van der Waals surface area (Å²) in [5.74, 6) is 0.977. The third-order valence-corrected chi connectivity index (χ3v) is 6.40. The number of aromatic amines is 1. The Morgan fingerprint density at radius 3 is 2.71 bits per heavy atom. The molecule has 0 spiro atoms. The van der Waals surface area contributed by atoms with Gasteiger partial charge in [-0.15, -0.1) is 11.3 Å². The van der Waals surface area contributed by atoms with Gasteiger partial charge in [-0.25, -0.2) is 4.98 Å². The van der Waals surface area contributed by atoms with Gasteiger partial charge in [0.15, 0.2) is 12.4 Å². The van der Waals surface area contributed by atoms with Gasteiger partial charge < -0.3 is 9.80 Å². The third kappa shape index (κ3) is 3.05. The Labute approximate surface area is 147 Å². The lowest BCUT2D eigenvalue weighted by molar-refractivity contribution is -0.377. The number of piperazine rings is 1. The van der Waals surface area contributed by atoms with Gasteiger partial charge in [-0.05, 0) is 36.8 Å². The quantitative estimate of drug-likeness (QED) is 0.841. The Hall–Kier alpha value is -1.88. The number of amides is 1. The maximum Gasteiger partial charge on any atom is 0.264 e. The molecule has 0 unspecified atom stereocenters. The van der Waals surface area contributed by atoms with Crippen molar-refractivity contribution in [2.45, 2.75) is 26.2 Å². The zero-order valence-corrected chi connectivity index (χ0v) is 14.9. The van der Waals surface area contributed by atoms with E-state index in [4.69, 9.17) is 0 Å². The number of hydrogen-bond donors (Lipinski definition) is 0. The maximum atomic E-state index is 12.9. The van der Waals surface area contributed by atoms with Crippen LogP contribution in [0.2, 0.25) is 0 Å². The van der Waals surface area contributed by atoms with E-state index >= 15 is 0 Å². The Balaban J connectivity index is 1.42. The molecule has 1 saturated heterocycles. The van der Waals surface area contributed by atoms with Crippen molar-refractivity contribution in [3.8, 4) is 0 Å². The number of aryl methyl sites for hydroxylation is 1. The summed E-state index contributed by atoms with van der Waals surface area (Å²) in [5.41, 5.74) is 2.64. The van der Waals surface area contributed by atoms with Crippen LogP contribution in [0.15, 0.2) is 30.6 Å². The molecule has 1 aliphatic carbocycles. The van der Waals surface area contributed by atoms with Crippen molar-refractivity contribution in [3.05, 3.63) is 45.9 Å². The molecule has 0 saturated carbocycles. The Morgan fingerprint density at radius 2 is 1.96 bits per heavy atom. The lowest BCUT2D eigenvalue weighted by atomic mass is 9.90. The van der Waals surface area contributed by atoms with Gasteiger partial charge in [-0.2, -0.15) is 0 Å². The third-order valence-electron chi connectivity index (χ3n) is 5.17. The van der Waals surface area contributed by atoms with Gasteiger partial charge in [0.25, 0.3) is 5.91 Å². The fourth-order valence-corrected chi connectivity index (χ4v) is 4.90. The number of pyridine rings is 1. The predicted octanol–water partition coefficient (Wildman–Crippen LogP) is 2.65. The second-order valence-electron chi connectivity index (χ2n) is 6.94. The van der Waals surface area contributed by atoms with Crippen molar-refractivity contribution in [2.24, 2.45) is 5.92 Å². The average molecular weight is 342 g/mol. The Kier molecular flexibility index (Phi) is 4.27. The summed E-state index contributed by atoms with van der Waals surface area (Å²) in [7, 11) is 0. The summed E-state index contributed by atoms with van der Waals surface area (Å²) >= 11 is 1.73. The zero-order valence-electron chi connectivity index (χ0n) is 14.1. The number of rotatable bonds is 2. The van der Waals surface area contributed by atoms with Crippen molar-refractivity contribution in [1.29, 1.82) is 0 Å². The molecule has 5 heteroatoms. The molecule has 1 atom stereocenters. The normalized spacial score (nSPS) is 20.8. The fraction of sp³-hybridized carbons (Fsp3) is 0.474. The van der Waals surface area contributed by atoms with Crippen molar-refractivity contribution < 1.29 is 9.78 Å². The number of carbonyl (C=O) groups is 1. The molecule has 2 aliphatic rings. The minimum absolute atomic E-state index is 0.225. The average Bonchev–Trinajstić information content (AvgIpc) is 3.05. The number of anilines is 1. The minimum Gasteiger partial charge on any atom is -0.368 e. The first kappa shape index (κ1) is 15.6. The number of nitrogens with one attached hydrogen (secondary N) is 1. The highest BCUT2D eigenvalue weighted by Crippen LogP contribution is 2.33. The topological polar surface area (TPSA) is 37.7 Å². The van der Waals surface area contributed by atoms with E-state index in [9.17, 15) is 4.79 Å². The van der Waals surface area contributed by atoms with Crippen LogP contribution in [-0.2, 0) is 12.8 Å². The molecular formula is C19H24N3OS+. The van der Waals surface area contributed by atoms with Gasteiger partial charge in [0, 0.05) is 48.9 Å². The van der Waals surface area contributed by atoms with E-state index in [2.05, 4.69) is 35.0 Å². The first-order valence-corrected chi connectivity index (χ1v) is 9.64. The van der Waals surface area contributed by atoms with Crippen LogP contribution < -0.4 is 9.88 Å². The van der Waals surface area contributed by atoms with Crippen LogP contribution in [0.4, 0.5) is 5.69 Å². The molecule has 1 N–H and O–H groups in total.